The van der Waals surface area contributed by atoms with E-state index in [1.165, 1.54) is 27.8 Å². The molecular formula is C24H27N3O3S2. The fourth-order valence-electron chi connectivity index (χ4n) is 3.89. The van der Waals surface area contributed by atoms with E-state index in [4.69, 9.17) is 0 Å². The van der Waals surface area contributed by atoms with E-state index in [-0.39, 0.29) is 10.8 Å². The minimum absolute atomic E-state index is 0.221. The maximum atomic E-state index is 12.8. The topological polar surface area (TPSA) is 79.4 Å². The highest BCUT2D eigenvalue weighted by Gasteiger charge is 2.26. The first kappa shape index (κ1) is 22.6. The van der Waals surface area contributed by atoms with Crippen LogP contribution in [0.4, 0.5) is 5.13 Å². The quantitative estimate of drug-likeness (QED) is 0.560. The van der Waals surface area contributed by atoms with Crippen molar-refractivity contribution in [2.75, 3.05) is 18.4 Å². The summed E-state index contributed by atoms with van der Waals surface area (Å²) in [5, 5.41) is 3.38. The number of benzene rings is 2. The first-order valence-corrected chi connectivity index (χ1v) is 13.0. The van der Waals surface area contributed by atoms with Crippen LogP contribution in [0.25, 0.3) is 11.3 Å². The third kappa shape index (κ3) is 4.62. The Bertz CT molecular complexity index is 1240. The zero-order chi connectivity index (χ0) is 22.9. The van der Waals surface area contributed by atoms with Crippen LogP contribution >= 0.6 is 11.3 Å². The van der Waals surface area contributed by atoms with Gasteiger partial charge in [0.05, 0.1) is 10.6 Å². The number of rotatable bonds is 5. The molecule has 0 unspecified atom stereocenters. The first-order valence-electron chi connectivity index (χ1n) is 10.7. The summed E-state index contributed by atoms with van der Waals surface area (Å²) in [6.07, 6.45) is 2.83. The molecule has 0 aliphatic carbocycles. The lowest BCUT2D eigenvalue weighted by molar-refractivity contribution is 0.102. The molecule has 0 atom stereocenters. The van der Waals surface area contributed by atoms with Gasteiger partial charge >= 0.3 is 0 Å². The molecule has 0 saturated carbocycles. The largest absolute Gasteiger partial charge is 0.298 e. The monoisotopic (exact) mass is 469 g/mol. The summed E-state index contributed by atoms with van der Waals surface area (Å²) >= 11 is 1.43. The highest BCUT2D eigenvalue weighted by atomic mass is 32.2. The maximum Gasteiger partial charge on any atom is 0.257 e. The lowest BCUT2D eigenvalue weighted by Gasteiger charge is -2.25. The van der Waals surface area contributed by atoms with E-state index in [2.05, 4.69) is 28.5 Å². The summed E-state index contributed by atoms with van der Waals surface area (Å²) < 4.78 is 27.1. The number of hydrogen-bond acceptors (Lipinski definition) is 5. The number of hydrogen-bond donors (Lipinski definition) is 1. The molecule has 0 spiro atoms. The molecule has 32 heavy (non-hydrogen) atoms. The molecule has 3 aromatic rings. The zero-order valence-corrected chi connectivity index (χ0v) is 20.1. The van der Waals surface area contributed by atoms with Gasteiger partial charge in [-0.25, -0.2) is 13.4 Å². The van der Waals surface area contributed by atoms with Gasteiger partial charge in [-0.15, -0.1) is 11.3 Å². The molecule has 2 aromatic carbocycles. The second-order valence-corrected chi connectivity index (χ2v) is 11.3. The van der Waals surface area contributed by atoms with E-state index in [0.717, 1.165) is 46.5 Å². The maximum absolute atomic E-state index is 12.8. The van der Waals surface area contributed by atoms with E-state index < -0.39 is 10.0 Å². The Kier molecular flexibility index (Phi) is 6.46. The summed E-state index contributed by atoms with van der Waals surface area (Å²) in [5.74, 6) is -0.312. The molecule has 1 aliphatic heterocycles. The summed E-state index contributed by atoms with van der Waals surface area (Å²) in [5.41, 5.74) is 4.61. The lowest BCUT2D eigenvalue weighted by Crippen LogP contribution is -2.35. The van der Waals surface area contributed by atoms with Crippen LogP contribution in [0.1, 0.15) is 45.6 Å². The van der Waals surface area contributed by atoms with Gasteiger partial charge in [-0.05, 0) is 69.5 Å². The summed E-state index contributed by atoms with van der Waals surface area (Å²) in [6, 6.07) is 12.4. The van der Waals surface area contributed by atoms with Crippen molar-refractivity contribution < 1.29 is 13.2 Å². The minimum Gasteiger partial charge on any atom is -0.298 e. The third-order valence-corrected chi connectivity index (χ3v) is 8.53. The number of nitrogens with zero attached hydrogens (tertiary/aromatic N) is 2. The van der Waals surface area contributed by atoms with Crippen LogP contribution in [0.2, 0.25) is 0 Å². The fraction of sp³-hybridized carbons (Fsp3) is 0.333. The molecule has 1 saturated heterocycles. The van der Waals surface area contributed by atoms with Crippen LogP contribution in [-0.4, -0.2) is 36.7 Å². The van der Waals surface area contributed by atoms with E-state index in [9.17, 15) is 13.2 Å². The van der Waals surface area contributed by atoms with Crippen LogP contribution in [0.3, 0.4) is 0 Å². The molecule has 1 amide bonds. The average molecular weight is 470 g/mol. The molecule has 8 heteroatoms. The molecule has 4 rings (SSSR count). The molecule has 1 aromatic heterocycles. The standard InChI is InChI=1S/C24H27N3O3S2/c1-16-7-8-17(2)21(15-16)22-18(3)31-24(25-22)26-23(28)19-9-11-20(12-10-19)32(29,30)27-13-5-4-6-14-27/h7-12,15H,4-6,13-14H2,1-3H3,(H,25,26,28). The molecule has 1 aliphatic rings. The normalized spacial score (nSPS) is 15.0. The molecule has 6 nitrogen and oxygen atoms in total. The van der Waals surface area contributed by atoms with Crippen LogP contribution in [0.5, 0.6) is 0 Å². The Morgan fingerprint density at radius 3 is 2.38 bits per heavy atom. The van der Waals surface area contributed by atoms with Crippen molar-refractivity contribution in [1.29, 1.82) is 0 Å². The van der Waals surface area contributed by atoms with Crippen molar-refractivity contribution in [2.24, 2.45) is 0 Å². The Morgan fingerprint density at radius 2 is 1.69 bits per heavy atom. The number of anilines is 1. The van der Waals surface area contributed by atoms with Gasteiger partial charge in [-0.2, -0.15) is 4.31 Å². The van der Waals surface area contributed by atoms with Gasteiger partial charge < -0.3 is 0 Å². The van der Waals surface area contributed by atoms with Gasteiger partial charge in [-0.3, -0.25) is 10.1 Å². The molecule has 2 heterocycles. The molecule has 0 bridgehead atoms. The van der Waals surface area contributed by atoms with Gasteiger partial charge in [-0.1, -0.05) is 24.1 Å². The van der Waals surface area contributed by atoms with Crippen LogP contribution < -0.4 is 5.32 Å². The zero-order valence-electron chi connectivity index (χ0n) is 18.5. The number of thiazole rings is 1. The number of nitrogens with one attached hydrogen (secondary N) is 1. The van der Waals surface area contributed by atoms with Gasteiger partial charge in [0.2, 0.25) is 10.0 Å². The predicted octanol–water partition coefficient (Wildman–Crippen LogP) is 5.16. The molecule has 0 radical (unpaired) electrons. The second-order valence-electron chi connectivity index (χ2n) is 8.19. The SMILES string of the molecule is Cc1ccc(C)c(-c2nc(NC(=O)c3ccc(S(=O)(=O)N4CCCCC4)cc3)sc2C)c1. The Hall–Kier alpha value is -2.55. The average Bonchev–Trinajstić information content (AvgIpc) is 3.15. The number of sulfonamides is 1. The molecule has 1 N–H and O–H groups in total. The van der Waals surface area contributed by atoms with Crippen LogP contribution in [0, 0.1) is 20.8 Å². The molecule has 1 fully saturated rings. The van der Waals surface area contributed by atoms with E-state index in [1.807, 2.05) is 20.8 Å². The van der Waals surface area contributed by atoms with Crippen molar-refractivity contribution in [1.82, 2.24) is 9.29 Å². The van der Waals surface area contributed by atoms with Gasteiger partial charge in [0.1, 0.15) is 0 Å². The first-order chi connectivity index (χ1) is 15.3. The van der Waals surface area contributed by atoms with Crippen molar-refractivity contribution >= 4 is 32.4 Å². The Morgan fingerprint density at radius 1 is 1.00 bits per heavy atom. The number of aryl methyl sites for hydroxylation is 3. The third-order valence-electron chi connectivity index (χ3n) is 5.73. The van der Waals surface area contributed by atoms with Crippen LogP contribution in [0.15, 0.2) is 47.4 Å². The van der Waals surface area contributed by atoms with Gasteiger partial charge in [0, 0.05) is 29.1 Å². The fourth-order valence-corrected chi connectivity index (χ4v) is 6.23. The number of amides is 1. The lowest BCUT2D eigenvalue weighted by atomic mass is 10.0. The number of piperidine rings is 1. The summed E-state index contributed by atoms with van der Waals surface area (Å²) in [4.78, 5) is 18.6. The number of carbonyl (C=O) groups excluding carboxylic acids is 1. The number of carbonyl (C=O) groups is 1. The van der Waals surface area contributed by atoms with Crippen molar-refractivity contribution in [3.63, 3.8) is 0 Å². The van der Waals surface area contributed by atoms with Crippen molar-refractivity contribution in [3.8, 4) is 11.3 Å². The van der Waals surface area contributed by atoms with Crippen molar-refractivity contribution in [3.05, 3.63) is 64.0 Å². The summed E-state index contributed by atoms with van der Waals surface area (Å²) in [6.45, 7) is 7.19. The highest BCUT2D eigenvalue weighted by molar-refractivity contribution is 7.89. The van der Waals surface area contributed by atoms with Gasteiger partial charge in [0.25, 0.3) is 5.91 Å². The highest BCUT2D eigenvalue weighted by Crippen LogP contribution is 2.33. The van der Waals surface area contributed by atoms with Crippen molar-refractivity contribution in [2.45, 2.75) is 44.9 Å². The van der Waals surface area contributed by atoms with E-state index in [1.54, 1.807) is 12.1 Å². The molecule has 168 valence electrons. The Labute approximate surface area is 193 Å². The van der Waals surface area contributed by atoms with E-state index in [0.29, 0.717) is 23.8 Å². The summed E-state index contributed by atoms with van der Waals surface area (Å²) in [7, 11) is -3.51. The predicted molar refractivity (Wildman–Crippen MR) is 129 cm³/mol. The van der Waals surface area contributed by atoms with Crippen LogP contribution in [-0.2, 0) is 10.0 Å². The molecular weight excluding hydrogens is 442 g/mol. The van der Waals surface area contributed by atoms with E-state index >= 15 is 0 Å². The second kappa shape index (κ2) is 9.13. The Balaban J connectivity index is 1.51. The smallest absolute Gasteiger partial charge is 0.257 e. The number of aromatic nitrogens is 1. The van der Waals surface area contributed by atoms with Gasteiger partial charge in [0.15, 0.2) is 5.13 Å². The minimum atomic E-state index is -3.51.